The van der Waals surface area contributed by atoms with Gasteiger partial charge >= 0.3 is 0 Å². The van der Waals surface area contributed by atoms with Crippen molar-refractivity contribution in [2.45, 2.75) is 19.4 Å². The second-order valence-corrected chi connectivity index (χ2v) is 5.72. The molecule has 7 nitrogen and oxygen atoms in total. The summed E-state index contributed by atoms with van der Waals surface area (Å²) in [6, 6.07) is 14.3. The third-order valence-electron chi connectivity index (χ3n) is 3.78. The minimum atomic E-state index is -0.315. The maximum atomic E-state index is 12.2. The summed E-state index contributed by atoms with van der Waals surface area (Å²) >= 11 is 0. The molecule has 0 aliphatic heterocycles. The fourth-order valence-corrected chi connectivity index (χ4v) is 2.42. The van der Waals surface area contributed by atoms with Crippen LogP contribution in [0.3, 0.4) is 0 Å². The van der Waals surface area contributed by atoms with Crippen LogP contribution in [0, 0.1) is 11.3 Å². The predicted octanol–water partition coefficient (Wildman–Crippen LogP) is 2.41. The number of hydrogen-bond donors (Lipinski definition) is 2. The van der Waals surface area contributed by atoms with Gasteiger partial charge in [0.05, 0.1) is 26.7 Å². The van der Waals surface area contributed by atoms with E-state index in [-0.39, 0.29) is 24.7 Å². The van der Waals surface area contributed by atoms with Crippen molar-refractivity contribution in [3.05, 3.63) is 53.6 Å². The van der Waals surface area contributed by atoms with E-state index < -0.39 is 0 Å². The van der Waals surface area contributed by atoms with E-state index in [1.165, 1.54) is 0 Å². The average molecular weight is 367 g/mol. The molecule has 0 atom stereocenters. The monoisotopic (exact) mass is 367 g/mol. The topological polar surface area (TPSA) is 100 Å². The maximum Gasteiger partial charge on any atom is 0.234 e. The van der Waals surface area contributed by atoms with Gasteiger partial charge in [-0.1, -0.05) is 18.2 Å². The quantitative estimate of drug-likeness (QED) is 0.746. The molecular weight excluding hydrogens is 346 g/mol. The first kappa shape index (κ1) is 19.8. The van der Waals surface area contributed by atoms with Gasteiger partial charge in [0.25, 0.3) is 0 Å². The predicted molar refractivity (Wildman–Crippen MR) is 100 cm³/mol. The Hall–Kier alpha value is -3.53. The first-order chi connectivity index (χ1) is 13.0. The van der Waals surface area contributed by atoms with Gasteiger partial charge in [0.1, 0.15) is 6.42 Å². The van der Waals surface area contributed by atoms with Crippen LogP contribution in [0.4, 0.5) is 5.69 Å². The molecule has 0 fully saturated rings. The summed E-state index contributed by atoms with van der Waals surface area (Å²) in [5.41, 5.74) is 2.34. The molecule has 2 amide bonds. The highest BCUT2D eigenvalue weighted by Gasteiger charge is 2.09. The molecule has 0 saturated heterocycles. The summed E-state index contributed by atoms with van der Waals surface area (Å²) in [6.07, 6.45) is 0.0383. The number of nitriles is 1. The summed E-state index contributed by atoms with van der Waals surface area (Å²) in [7, 11) is 3.11. The molecular formula is C20H21N3O4. The van der Waals surface area contributed by atoms with Crippen molar-refractivity contribution in [1.29, 1.82) is 5.26 Å². The van der Waals surface area contributed by atoms with E-state index in [2.05, 4.69) is 10.6 Å². The van der Waals surface area contributed by atoms with Crippen LogP contribution in [-0.4, -0.2) is 26.0 Å². The summed E-state index contributed by atoms with van der Waals surface area (Å²) in [5.74, 6) is 0.715. The van der Waals surface area contributed by atoms with Gasteiger partial charge in [-0.15, -0.1) is 0 Å². The molecule has 2 N–H and O–H groups in total. The van der Waals surface area contributed by atoms with Crippen LogP contribution in [-0.2, 0) is 22.6 Å². The third kappa shape index (κ3) is 6.04. The fourth-order valence-electron chi connectivity index (χ4n) is 2.42. The minimum absolute atomic E-state index is 0.155. The highest BCUT2D eigenvalue weighted by molar-refractivity contribution is 5.92. The first-order valence-corrected chi connectivity index (χ1v) is 8.29. The van der Waals surface area contributed by atoms with Crippen molar-refractivity contribution in [1.82, 2.24) is 5.32 Å². The molecule has 0 unspecified atom stereocenters. The van der Waals surface area contributed by atoms with Crippen LogP contribution in [0.25, 0.3) is 0 Å². The number of carbonyl (C=O) groups is 2. The number of amides is 2. The zero-order valence-electron chi connectivity index (χ0n) is 15.2. The molecule has 27 heavy (non-hydrogen) atoms. The van der Waals surface area contributed by atoms with Crippen molar-refractivity contribution in [2.24, 2.45) is 0 Å². The van der Waals surface area contributed by atoms with Crippen LogP contribution in [0.2, 0.25) is 0 Å². The summed E-state index contributed by atoms with van der Waals surface area (Å²) in [6.45, 7) is 0.334. The van der Waals surface area contributed by atoms with Gasteiger partial charge in [-0.2, -0.15) is 5.26 Å². The lowest BCUT2D eigenvalue weighted by Gasteiger charge is -2.10. The molecule has 0 spiro atoms. The molecule has 7 heteroatoms. The second-order valence-electron chi connectivity index (χ2n) is 5.72. The van der Waals surface area contributed by atoms with Crippen LogP contribution in [0.15, 0.2) is 42.5 Å². The van der Waals surface area contributed by atoms with Crippen molar-refractivity contribution in [3.8, 4) is 17.6 Å². The Morgan fingerprint density at radius 3 is 2.26 bits per heavy atom. The Morgan fingerprint density at radius 1 is 0.963 bits per heavy atom. The Balaban J connectivity index is 1.90. The Labute approximate surface area is 157 Å². The lowest BCUT2D eigenvalue weighted by atomic mass is 10.1. The zero-order valence-corrected chi connectivity index (χ0v) is 15.2. The number of nitrogens with one attached hydrogen (secondary N) is 2. The number of anilines is 1. The smallest absolute Gasteiger partial charge is 0.234 e. The average Bonchev–Trinajstić information content (AvgIpc) is 2.67. The number of carbonyl (C=O) groups excluding carboxylic acids is 2. The lowest BCUT2D eigenvalue weighted by Crippen LogP contribution is -2.21. The first-order valence-electron chi connectivity index (χ1n) is 8.29. The molecule has 0 saturated carbocycles. The van der Waals surface area contributed by atoms with E-state index in [1.54, 1.807) is 56.7 Å². The van der Waals surface area contributed by atoms with E-state index in [9.17, 15) is 9.59 Å². The standard InChI is InChI=1S/C20H21N3O4/c1-26-17-8-5-15(11-18(17)27-2)12-20(25)23-16-6-3-14(4-7-16)13-22-19(24)9-10-21/h3-8,11H,9,12-13H2,1-2H3,(H,22,24)(H,23,25). The van der Waals surface area contributed by atoms with Gasteiger partial charge in [0, 0.05) is 12.2 Å². The second kappa shape index (κ2) is 9.82. The van der Waals surface area contributed by atoms with Crippen LogP contribution >= 0.6 is 0 Å². The minimum Gasteiger partial charge on any atom is -0.493 e. The zero-order chi connectivity index (χ0) is 19.6. The Morgan fingerprint density at radius 2 is 1.63 bits per heavy atom. The van der Waals surface area contributed by atoms with E-state index in [1.807, 2.05) is 6.07 Å². The molecule has 2 rings (SSSR count). The van der Waals surface area contributed by atoms with Gasteiger partial charge in [0.2, 0.25) is 11.8 Å². The number of rotatable bonds is 8. The number of methoxy groups -OCH3 is 2. The summed E-state index contributed by atoms with van der Waals surface area (Å²) < 4.78 is 10.4. The van der Waals surface area contributed by atoms with Gasteiger partial charge in [0.15, 0.2) is 11.5 Å². The molecule has 2 aromatic carbocycles. The molecule has 0 aliphatic carbocycles. The largest absolute Gasteiger partial charge is 0.493 e. The molecule has 140 valence electrons. The van der Waals surface area contributed by atoms with Crippen LogP contribution in [0.5, 0.6) is 11.5 Å². The van der Waals surface area contributed by atoms with Gasteiger partial charge in [-0.05, 0) is 35.4 Å². The molecule has 0 heterocycles. The fraction of sp³-hybridized carbons (Fsp3) is 0.250. The number of ether oxygens (including phenoxy) is 2. The lowest BCUT2D eigenvalue weighted by molar-refractivity contribution is -0.120. The van der Waals surface area contributed by atoms with E-state index >= 15 is 0 Å². The Bertz CT molecular complexity index is 841. The van der Waals surface area contributed by atoms with Crippen LogP contribution < -0.4 is 20.1 Å². The molecule has 0 bridgehead atoms. The number of nitrogens with zero attached hydrogens (tertiary/aromatic N) is 1. The number of hydrogen-bond acceptors (Lipinski definition) is 5. The van der Waals surface area contributed by atoms with Gasteiger partial charge in [-0.25, -0.2) is 0 Å². The highest BCUT2D eigenvalue weighted by atomic mass is 16.5. The number of benzene rings is 2. The summed E-state index contributed by atoms with van der Waals surface area (Å²) in [4.78, 5) is 23.5. The highest BCUT2D eigenvalue weighted by Crippen LogP contribution is 2.27. The molecule has 0 aromatic heterocycles. The summed E-state index contributed by atoms with van der Waals surface area (Å²) in [5, 5.41) is 13.9. The molecule has 2 aromatic rings. The van der Waals surface area contributed by atoms with E-state index in [0.717, 1.165) is 11.1 Å². The van der Waals surface area contributed by atoms with Crippen molar-refractivity contribution >= 4 is 17.5 Å². The van der Waals surface area contributed by atoms with E-state index in [0.29, 0.717) is 23.7 Å². The molecule has 0 aliphatic rings. The molecule has 0 radical (unpaired) electrons. The maximum absolute atomic E-state index is 12.2. The van der Waals surface area contributed by atoms with E-state index in [4.69, 9.17) is 14.7 Å². The van der Waals surface area contributed by atoms with Crippen molar-refractivity contribution in [3.63, 3.8) is 0 Å². The van der Waals surface area contributed by atoms with Gasteiger partial charge in [-0.3, -0.25) is 9.59 Å². The van der Waals surface area contributed by atoms with Gasteiger partial charge < -0.3 is 20.1 Å². The normalized spacial score (nSPS) is 9.81. The SMILES string of the molecule is COc1ccc(CC(=O)Nc2ccc(CNC(=O)CC#N)cc2)cc1OC. The Kier molecular flexibility index (Phi) is 7.20. The third-order valence-corrected chi connectivity index (χ3v) is 3.78. The van der Waals surface area contributed by atoms with Crippen molar-refractivity contribution in [2.75, 3.05) is 19.5 Å². The van der Waals surface area contributed by atoms with Crippen molar-refractivity contribution < 1.29 is 19.1 Å². The van der Waals surface area contributed by atoms with Crippen LogP contribution in [0.1, 0.15) is 17.5 Å².